The van der Waals surface area contributed by atoms with Crippen LogP contribution in [0.5, 0.6) is 5.75 Å². The summed E-state index contributed by atoms with van der Waals surface area (Å²) >= 11 is 0. The van der Waals surface area contributed by atoms with Gasteiger partial charge >= 0.3 is 5.69 Å². The van der Waals surface area contributed by atoms with E-state index in [1.807, 2.05) is 45.0 Å². The van der Waals surface area contributed by atoms with Crippen molar-refractivity contribution < 1.29 is 13.2 Å². The molecule has 0 atom stereocenters. The van der Waals surface area contributed by atoms with Gasteiger partial charge in [0.15, 0.2) is 0 Å². The van der Waals surface area contributed by atoms with E-state index in [4.69, 9.17) is 4.74 Å². The molecule has 9 nitrogen and oxygen atoms in total. The number of hydrazone groups is 1. The highest BCUT2D eigenvalue weighted by Gasteiger charge is 2.26. The lowest BCUT2D eigenvalue weighted by Crippen LogP contribution is -2.32. The second-order valence-corrected chi connectivity index (χ2v) is 11.3. The average Bonchev–Trinajstić information content (AvgIpc) is 3.18. The lowest BCUT2D eigenvalue weighted by Gasteiger charge is -2.25. The van der Waals surface area contributed by atoms with Crippen LogP contribution in [0, 0.1) is 0 Å². The lowest BCUT2D eigenvalue weighted by molar-refractivity contribution is 0.399. The molecule has 35 heavy (non-hydrogen) atoms. The monoisotopic (exact) mass is 496 g/mol. The van der Waals surface area contributed by atoms with E-state index in [1.165, 1.54) is 12.3 Å². The highest BCUT2D eigenvalue weighted by molar-refractivity contribution is 7.88. The summed E-state index contributed by atoms with van der Waals surface area (Å²) < 4.78 is 29.8. The Hall–Kier alpha value is -3.66. The fourth-order valence-corrected chi connectivity index (χ4v) is 4.57. The van der Waals surface area contributed by atoms with E-state index in [2.05, 4.69) is 14.9 Å². The van der Waals surface area contributed by atoms with Crippen LogP contribution in [0.1, 0.15) is 43.9 Å². The van der Waals surface area contributed by atoms with Crippen LogP contribution in [0.15, 0.2) is 57.3 Å². The maximum atomic E-state index is 12.6. The van der Waals surface area contributed by atoms with Crippen LogP contribution >= 0.6 is 0 Å². The Bertz CT molecular complexity index is 1530. The highest BCUT2D eigenvalue weighted by Crippen LogP contribution is 2.42. The number of hydrogen-bond donors (Lipinski definition) is 2. The van der Waals surface area contributed by atoms with Gasteiger partial charge in [-0.2, -0.15) is 5.10 Å². The maximum Gasteiger partial charge on any atom is 0.332 e. The minimum absolute atomic E-state index is 0.338. The van der Waals surface area contributed by atoms with E-state index in [-0.39, 0.29) is 5.41 Å². The molecule has 0 aliphatic heterocycles. The molecule has 2 aromatic carbocycles. The van der Waals surface area contributed by atoms with Crippen molar-refractivity contribution in [1.29, 1.82) is 0 Å². The van der Waals surface area contributed by atoms with Crippen LogP contribution in [0.25, 0.3) is 16.8 Å². The molecule has 2 N–H and O–H groups in total. The third-order valence-corrected chi connectivity index (χ3v) is 6.33. The summed E-state index contributed by atoms with van der Waals surface area (Å²) in [6, 6.07) is 10.7. The number of nitrogens with one attached hydrogen (secondary N) is 2. The van der Waals surface area contributed by atoms with E-state index in [0.29, 0.717) is 30.0 Å². The van der Waals surface area contributed by atoms with Crippen LogP contribution in [0.3, 0.4) is 0 Å². The largest absolute Gasteiger partial charge is 0.496 e. The van der Waals surface area contributed by atoms with Gasteiger partial charge in [0.2, 0.25) is 10.0 Å². The number of aromatic nitrogens is 2. The molecule has 0 radical (unpaired) electrons. The molecular formula is C25H28N4O5S. The Balaban J connectivity index is 1.92. The van der Waals surface area contributed by atoms with Gasteiger partial charge in [-0.15, -0.1) is 0 Å². The summed E-state index contributed by atoms with van der Waals surface area (Å²) in [7, 11) is -1.84. The van der Waals surface area contributed by atoms with E-state index in [1.54, 1.807) is 13.2 Å². The van der Waals surface area contributed by atoms with Gasteiger partial charge in [-0.05, 0) is 41.5 Å². The molecule has 0 spiro atoms. The summed E-state index contributed by atoms with van der Waals surface area (Å²) in [5.41, 5.74) is 4.17. The smallest absolute Gasteiger partial charge is 0.332 e. The van der Waals surface area contributed by atoms with Crippen LogP contribution in [0.4, 0.5) is 0 Å². The normalized spacial score (nSPS) is 14.7. The standard InChI is InChI=1S/C25H28N4O5S/c1-25(2,3)20-14-17(29-22(30)10-11-26-24(29)31)13-19(23(20)34-4)16-6-8-18-15(12-16)7-9-21(18)27-28-35(5,32)33/h6,8,10-14,28H,7,9H2,1-5H3,(H,26,31)/b27-21+. The van der Waals surface area contributed by atoms with Gasteiger partial charge in [0.05, 0.1) is 24.8 Å². The van der Waals surface area contributed by atoms with Gasteiger partial charge < -0.3 is 9.72 Å². The van der Waals surface area contributed by atoms with E-state index in [9.17, 15) is 18.0 Å². The number of benzene rings is 2. The number of ether oxygens (including phenoxy) is 1. The Morgan fingerprint density at radius 1 is 1.06 bits per heavy atom. The van der Waals surface area contributed by atoms with Crippen molar-refractivity contribution in [3.05, 3.63) is 80.1 Å². The Morgan fingerprint density at radius 3 is 2.43 bits per heavy atom. The number of methoxy groups -OCH3 is 1. The van der Waals surface area contributed by atoms with Crippen LogP contribution in [0.2, 0.25) is 0 Å². The van der Waals surface area contributed by atoms with Gasteiger partial charge in [0.1, 0.15) is 5.75 Å². The van der Waals surface area contributed by atoms with Gasteiger partial charge in [0.25, 0.3) is 5.56 Å². The summed E-state index contributed by atoms with van der Waals surface area (Å²) in [4.78, 5) is 29.9. The van der Waals surface area contributed by atoms with Crippen molar-refractivity contribution in [2.75, 3.05) is 13.4 Å². The number of aromatic amines is 1. The molecule has 3 aromatic rings. The minimum atomic E-state index is -3.44. The van der Waals surface area contributed by atoms with Crippen molar-refractivity contribution in [3.63, 3.8) is 0 Å². The molecule has 0 fully saturated rings. The quantitative estimate of drug-likeness (QED) is 0.526. The first-order valence-corrected chi connectivity index (χ1v) is 13.0. The molecule has 0 bridgehead atoms. The number of rotatable bonds is 5. The van der Waals surface area contributed by atoms with Gasteiger partial charge in [-0.25, -0.2) is 22.6 Å². The zero-order valence-corrected chi connectivity index (χ0v) is 21.1. The topological polar surface area (TPSA) is 123 Å². The molecule has 0 saturated heterocycles. The van der Waals surface area contributed by atoms with Crippen LogP contribution < -0.4 is 20.8 Å². The minimum Gasteiger partial charge on any atom is -0.496 e. The number of H-pyrrole nitrogens is 1. The van der Waals surface area contributed by atoms with Crippen LogP contribution in [-0.2, 0) is 21.9 Å². The second-order valence-electron chi connectivity index (χ2n) is 9.57. The molecule has 10 heteroatoms. The van der Waals surface area contributed by atoms with E-state index >= 15 is 0 Å². The summed E-state index contributed by atoms with van der Waals surface area (Å²) in [6.07, 6.45) is 3.71. The number of fused-ring (bicyclic) bond motifs is 1. The highest BCUT2D eigenvalue weighted by atomic mass is 32.2. The molecule has 1 aliphatic carbocycles. The zero-order valence-electron chi connectivity index (χ0n) is 20.3. The first-order valence-electron chi connectivity index (χ1n) is 11.1. The van der Waals surface area contributed by atoms with E-state index in [0.717, 1.165) is 38.6 Å². The molecule has 1 aromatic heterocycles. The summed E-state index contributed by atoms with van der Waals surface area (Å²) in [6.45, 7) is 6.11. The average molecular weight is 497 g/mol. The van der Waals surface area contributed by atoms with Crippen molar-refractivity contribution in [2.45, 2.75) is 39.0 Å². The van der Waals surface area contributed by atoms with Crippen molar-refractivity contribution in [2.24, 2.45) is 5.10 Å². The molecule has 0 amide bonds. The van der Waals surface area contributed by atoms with Crippen molar-refractivity contribution in [3.8, 4) is 22.6 Å². The third kappa shape index (κ3) is 4.93. The molecule has 1 heterocycles. The maximum absolute atomic E-state index is 12.6. The molecule has 4 rings (SSSR count). The van der Waals surface area contributed by atoms with Crippen LogP contribution in [-0.4, -0.2) is 37.0 Å². The molecule has 0 unspecified atom stereocenters. The first kappa shape index (κ1) is 24.5. The lowest BCUT2D eigenvalue weighted by atomic mass is 9.83. The molecule has 0 saturated carbocycles. The number of nitrogens with zero attached hydrogens (tertiary/aromatic N) is 2. The first-order chi connectivity index (χ1) is 16.4. The fraction of sp³-hybridized carbons (Fsp3) is 0.320. The third-order valence-electron chi connectivity index (χ3n) is 5.90. The van der Waals surface area contributed by atoms with E-state index < -0.39 is 21.3 Å². The predicted molar refractivity (Wildman–Crippen MR) is 136 cm³/mol. The summed E-state index contributed by atoms with van der Waals surface area (Å²) in [5, 5.41) is 4.07. The Kier molecular flexibility index (Phi) is 6.18. The predicted octanol–water partition coefficient (Wildman–Crippen LogP) is 2.70. The van der Waals surface area contributed by atoms with Gasteiger partial charge in [-0.1, -0.05) is 39.0 Å². The van der Waals surface area contributed by atoms with Gasteiger partial charge in [-0.3, -0.25) is 4.79 Å². The molecular weight excluding hydrogens is 468 g/mol. The van der Waals surface area contributed by atoms with Crippen molar-refractivity contribution in [1.82, 2.24) is 14.4 Å². The SMILES string of the molecule is COc1c(-c2ccc3c(c2)CC/C3=N\NS(C)(=O)=O)cc(-n2c(=O)cc[nH]c2=O)cc1C(C)(C)C. The zero-order chi connectivity index (χ0) is 25.5. The number of aryl methyl sites for hydroxylation is 1. The molecule has 1 aliphatic rings. The van der Waals surface area contributed by atoms with Gasteiger partial charge in [0, 0.05) is 29.0 Å². The fourth-order valence-electron chi connectivity index (χ4n) is 4.29. The van der Waals surface area contributed by atoms with Crippen molar-refractivity contribution >= 4 is 15.7 Å². The molecule has 184 valence electrons. The second kappa shape index (κ2) is 8.84. The Morgan fingerprint density at radius 2 is 1.80 bits per heavy atom. The Labute approximate surface area is 203 Å². The summed E-state index contributed by atoms with van der Waals surface area (Å²) in [5.74, 6) is 0.659. The number of sulfonamides is 1. The number of hydrogen-bond acceptors (Lipinski definition) is 6.